The van der Waals surface area contributed by atoms with E-state index < -0.39 is 0 Å². The fourth-order valence-electron chi connectivity index (χ4n) is 2.59. The Morgan fingerprint density at radius 2 is 2.14 bits per heavy atom. The Morgan fingerprint density at radius 1 is 1.43 bits per heavy atom. The van der Waals surface area contributed by atoms with Crippen molar-refractivity contribution >= 4 is 0 Å². The van der Waals surface area contributed by atoms with Crippen molar-refractivity contribution in [3.8, 4) is 0 Å². The lowest BCUT2D eigenvalue weighted by Crippen LogP contribution is -2.37. The summed E-state index contributed by atoms with van der Waals surface area (Å²) < 4.78 is 0. The van der Waals surface area contributed by atoms with Crippen molar-refractivity contribution in [1.29, 1.82) is 0 Å². The molecule has 0 spiro atoms. The summed E-state index contributed by atoms with van der Waals surface area (Å²) in [7, 11) is 0. The normalized spacial score (nSPS) is 38.1. The van der Waals surface area contributed by atoms with Crippen molar-refractivity contribution in [3.63, 3.8) is 0 Å². The predicted molar refractivity (Wildman–Crippen MR) is 60.4 cm³/mol. The minimum atomic E-state index is 0.639. The molecule has 2 fully saturated rings. The molecule has 1 aliphatic heterocycles. The van der Waals surface area contributed by atoms with Gasteiger partial charge < -0.3 is 10.2 Å². The van der Waals surface area contributed by atoms with Gasteiger partial charge in [-0.05, 0) is 31.2 Å². The maximum Gasteiger partial charge on any atom is 0.0209 e. The lowest BCUT2D eigenvalue weighted by molar-refractivity contribution is 0.306. The molecular formula is C12H24N2. The second kappa shape index (κ2) is 4.19. The number of nitrogens with one attached hydrogen (secondary N) is 1. The summed E-state index contributed by atoms with van der Waals surface area (Å²) in [6.07, 6.45) is 2.82. The molecular weight excluding hydrogens is 172 g/mol. The van der Waals surface area contributed by atoms with E-state index in [1.165, 1.54) is 32.5 Å². The highest BCUT2D eigenvalue weighted by Crippen LogP contribution is 2.38. The van der Waals surface area contributed by atoms with Gasteiger partial charge in [-0.3, -0.25) is 0 Å². The zero-order valence-corrected chi connectivity index (χ0v) is 9.79. The van der Waals surface area contributed by atoms with Gasteiger partial charge in [-0.1, -0.05) is 20.8 Å². The fourth-order valence-corrected chi connectivity index (χ4v) is 2.59. The Labute approximate surface area is 88.1 Å². The third-order valence-corrected chi connectivity index (χ3v) is 3.61. The van der Waals surface area contributed by atoms with Gasteiger partial charge in [0, 0.05) is 25.2 Å². The fraction of sp³-hybridized carbons (Fsp3) is 1.00. The quantitative estimate of drug-likeness (QED) is 0.736. The van der Waals surface area contributed by atoms with Gasteiger partial charge in [0.25, 0.3) is 0 Å². The lowest BCUT2D eigenvalue weighted by Gasteiger charge is -2.18. The van der Waals surface area contributed by atoms with E-state index in [0.29, 0.717) is 6.04 Å². The topological polar surface area (TPSA) is 15.3 Å². The monoisotopic (exact) mass is 196 g/mol. The summed E-state index contributed by atoms with van der Waals surface area (Å²) in [4.78, 5) is 2.65. The average molecular weight is 196 g/mol. The van der Waals surface area contributed by atoms with Crippen LogP contribution in [0.4, 0.5) is 0 Å². The number of hydrogen-bond acceptors (Lipinski definition) is 2. The highest BCUT2D eigenvalue weighted by atomic mass is 15.2. The number of hydrogen-bond donors (Lipinski definition) is 1. The van der Waals surface area contributed by atoms with E-state index in [0.717, 1.165) is 17.9 Å². The van der Waals surface area contributed by atoms with Crippen molar-refractivity contribution in [2.45, 2.75) is 45.7 Å². The molecule has 0 aromatic rings. The highest BCUT2D eigenvalue weighted by Gasteiger charge is 2.35. The molecule has 3 unspecified atom stereocenters. The molecule has 1 heterocycles. The van der Waals surface area contributed by atoms with Crippen molar-refractivity contribution in [3.05, 3.63) is 0 Å². The largest absolute Gasteiger partial charge is 0.310 e. The SMILES string of the molecule is CC(C)NC1CCN(CC2CC2C)C1. The Balaban J connectivity index is 1.66. The van der Waals surface area contributed by atoms with Crippen LogP contribution in [0.15, 0.2) is 0 Å². The molecule has 0 radical (unpaired) electrons. The molecule has 1 N–H and O–H groups in total. The molecule has 1 saturated heterocycles. The molecule has 0 aromatic heterocycles. The van der Waals surface area contributed by atoms with E-state index in [2.05, 4.69) is 31.0 Å². The molecule has 2 heteroatoms. The summed E-state index contributed by atoms with van der Waals surface area (Å²) in [5, 5.41) is 3.63. The smallest absolute Gasteiger partial charge is 0.0209 e. The second-order valence-corrected chi connectivity index (χ2v) is 5.54. The summed E-state index contributed by atoms with van der Waals surface area (Å²) in [6, 6.07) is 1.39. The Bertz CT molecular complexity index is 191. The number of nitrogens with zero attached hydrogens (tertiary/aromatic N) is 1. The maximum atomic E-state index is 3.63. The van der Waals surface area contributed by atoms with E-state index in [-0.39, 0.29) is 0 Å². The van der Waals surface area contributed by atoms with E-state index in [1.54, 1.807) is 0 Å². The van der Waals surface area contributed by atoms with Crippen LogP contribution in [0.25, 0.3) is 0 Å². The number of likely N-dealkylation sites (tertiary alicyclic amines) is 1. The molecule has 0 amide bonds. The molecule has 14 heavy (non-hydrogen) atoms. The first-order chi connectivity index (χ1) is 6.65. The standard InChI is InChI=1S/C12H24N2/c1-9(2)13-12-4-5-14(8-12)7-11-6-10(11)3/h9-13H,4-8H2,1-3H3. The molecule has 0 bridgehead atoms. The highest BCUT2D eigenvalue weighted by molar-refractivity contribution is 4.89. The van der Waals surface area contributed by atoms with Crippen LogP contribution in [0.3, 0.4) is 0 Å². The average Bonchev–Trinajstić information content (AvgIpc) is 2.60. The van der Waals surface area contributed by atoms with Gasteiger partial charge in [-0.25, -0.2) is 0 Å². The van der Waals surface area contributed by atoms with Gasteiger partial charge in [0.2, 0.25) is 0 Å². The van der Waals surface area contributed by atoms with E-state index in [9.17, 15) is 0 Å². The molecule has 2 aliphatic rings. The van der Waals surface area contributed by atoms with E-state index in [1.807, 2.05) is 0 Å². The van der Waals surface area contributed by atoms with Crippen LogP contribution < -0.4 is 5.32 Å². The van der Waals surface area contributed by atoms with Crippen LogP contribution >= 0.6 is 0 Å². The molecule has 0 aromatic carbocycles. The van der Waals surface area contributed by atoms with Crippen LogP contribution in [-0.4, -0.2) is 36.6 Å². The molecule has 1 aliphatic carbocycles. The van der Waals surface area contributed by atoms with Crippen LogP contribution in [-0.2, 0) is 0 Å². The summed E-state index contributed by atoms with van der Waals surface area (Å²) in [6.45, 7) is 10.8. The second-order valence-electron chi connectivity index (χ2n) is 5.54. The Kier molecular flexibility index (Phi) is 3.13. The molecule has 82 valence electrons. The van der Waals surface area contributed by atoms with Gasteiger partial charge in [0.05, 0.1) is 0 Å². The first kappa shape index (κ1) is 10.4. The molecule has 2 nitrogen and oxygen atoms in total. The van der Waals surface area contributed by atoms with Crippen LogP contribution in [0.5, 0.6) is 0 Å². The molecule has 3 atom stereocenters. The first-order valence-corrected chi connectivity index (χ1v) is 6.13. The van der Waals surface area contributed by atoms with Gasteiger partial charge in [0.1, 0.15) is 0 Å². The number of rotatable bonds is 4. The molecule has 1 saturated carbocycles. The first-order valence-electron chi connectivity index (χ1n) is 6.13. The van der Waals surface area contributed by atoms with Gasteiger partial charge in [-0.2, -0.15) is 0 Å². The van der Waals surface area contributed by atoms with Gasteiger partial charge in [0.15, 0.2) is 0 Å². The van der Waals surface area contributed by atoms with E-state index in [4.69, 9.17) is 0 Å². The van der Waals surface area contributed by atoms with Gasteiger partial charge in [-0.15, -0.1) is 0 Å². The third kappa shape index (κ3) is 2.71. The molecule has 2 rings (SSSR count). The Morgan fingerprint density at radius 3 is 2.71 bits per heavy atom. The van der Waals surface area contributed by atoms with Crippen LogP contribution in [0.1, 0.15) is 33.6 Å². The van der Waals surface area contributed by atoms with Crippen molar-refractivity contribution in [2.75, 3.05) is 19.6 Å². The van der Waals surface area contributed by atoms with Crippen molar-refractivity contribution < 1.29 is 0 Å². The third-order valence-electron chi connectivity index (χ3n) is 3.61. The minimum Gasteiger partial charge on any atom is -0.310 e. The zero-order chi connectivity index (χ0) is 10.1. The van der Waals surface area contributed by atoms with Gasteiger partial charge >= 0.3 is 0 Å². The maximum absolute atomic E-state index is 3.63. The van der Waals surface area contributed by atoms with E-state index >= 15 is 0 Å². The lowest BCUT2D eigenvalue weighted by atomic mass is 10.2. The van der Waals surface area contributed by atoms with Crippen molar-refractivity contribution in [2.24, 2.45) is 11.8 Å². The minimum absolute atomic E-state index is 0.639. The summed E-state index contributed by atoms with van der Waals surface area (Å²) >= 11 is 0. The predicted octanol–water partition coefficient (Wildman–Crippen LogP) is 1.71. The van der Waals surface area contributed by atoms with Crippen molar-refractivity contribution in [1.82, 2.24) is 10.2 Å². The summed E-state index contributed by atoms with van der Waals surface area (Å²) in [5.74, 6) is 2.03. The Hall–Kier alpha value is -0.0800. The van der Waals surface area contributed by atoms with Crippen LogP contribution in [0, 0.1) is 11.8 Å². The summed E-state index contributed by atoms with van der Waals surface area (Å²) in [5.41, 5.74) is 0. The zero-order valence-electron chi connectivity index (χ0n) is 9.79. The van der Waals surface area contributed by atoms with Crippen LogP contribution in [0.2, 0.25) is 0 Å².